The molecule has 0 bridgehead atoms. The highest BCUT2D eigenvalue weighted by Gasteiger charge is 2.34. The Kier molecular flexibility index (Phi) is 5.20. The SMILES string of the molecule is Cc1nc2c(cc(OCC(=O)N3CCN(C4CCS(=O)(=O)C4)CC3)c3ccsc32)s1. The van der Waals surface area contributed by atoms with Gasteiger partial charge in [0.15, 0.2) is 16.4 Å². The summed E-state index contributed by atoms with van der Waals surface area (Å²) in [5.41, 5.74) is 1.01. The second-order valence-corrected chi connectivity index (χ2v) is 12.3. The van der Waals surface area contributed by atoms with Crippen LogP contribution in [0, 0.1) is 6.92 Å². The fourth-order valence-electron chi connectivity index (χ4n) is 4.34. The monoisotopic (exact) mass is 465 g/mol. The Hall–Kier alpha value is -1.75. The average molecular weight is 466 g/mol. The predicted molar refractivity (Wildman–Crippen MR) is 120 cm³/mol. The summed E-state index contributed by atoms with van der Waals surface area (Å²) in [6.45, 7) is 4.65. The molecule has 1 unspecified atom stereocenters. The highest BCUT2D eigenvalue weighted by molar-refractivity contribution is 7.91. The molecule has 10 heteroatoms. The summed E-state index contributed by atoms with van der Waals surface area (Å²) in [6, 6.07) is 4.10. The standard InChI is InChI=1S/C20H23N3O4S3/c1-13-21-19-17(29-13)10-16(15-2-8-28-20(15)19)27-11-18(24)23-6-4-22(5-7-23)14-3-9-30(25,26)12-14/h2,8,10,14H,3-7,9,11-12H2,1H3. The van der Waals surface area contributed by atoms with Gasteiger partial charge in [-0.05, 0) is 24.8 Å². The van der Waals surface area contributed by atoms with Crippen LogP contribution in [0.15, 0.2) is 17.5 Å². The van der Waals surface area contributed by atoms with Crippen molar-refractivity contribution in [2.45, 2.75) is 19.4 Å². The highest BCUT2D eigenvalue weighted by Crippen LogP contribution is 2.38. The van der Waals surface area contributed by atoms with Crippen molar-refractivity contribution >= 4 is 58.7 Å². The maximum absolute atomic E-state index is 12.7. The maximum atomic E-state index is 12.7. The van der Waals surface area contributed by atoms with E-state index in [2.05, 4.69) is 9.88 Å². The first-order valence-corrected chi connectivity index (χ1v) is 13.5. The molecule has 0 saturated carbocycles. The lowest BCUT2D eigenvalue weighted by Gasteiger charge is -2.37. The molecule has 3 aromatic rings. The molecule has 0 radical (unpaired) electrons. The van der Waals surface area contributed by atoms with Crippen LogP contribution >= 0.6 is 22.7 Å². The minimum absolute atomic E-state index is 0.00600. The molecule has 2 fully saturated rings. The van der Waals surface area contributed by atoms with Crippen LogP contribution in [-0.2, 0) is 14.6 Å². The van der Waals surface area contributed by atoms with Gasteiger partial charge in [0.1, 0.15) is 5.75 Å². The van der Waals surface area contributed by atoms with E-state index in [0.717, 1.165) is 31.1 Å². The number of benzene rings is 1. The number of thiazole rings is 1. The summed E-state index contributed by atoms with van der Waals surface area (Å²) in [5.74, 6) is 1.23. The molecule has 5 rings (SSSR count). The van der Waals surface area contributed by atoms with Gasteiger partial charge in [-0.1, -0.05) is 0 Å². The topological polar surface area (TPSA) is 79.8 Å². The van der Waals surface area contributed by atoms with Gasteiger partial charge in [-0.15, -0.1) is 22.7 Å². The molecule has 30 heavy (non-hydrogen) atoms. The van der Waals surface area contributed by atoms with E-state index in [1.807, 2.05) is 29.3 Å². The summed E-state index contributed by atoms with van der Waals surface area (Å²) in [6.07, 6.45) is 0.704. The summed E-state index contributed by atoms with van der Waals surface area (Å²) >= 11 is 3.27. The molecule has 2 aromatic heterocycles. The van der Waals surface area contributed by atoms with Crippen LogP contribution in [-0.4, -0.2) is 79.4 Å². The number of sulfone groups is 1. The molecule has 0 aliphatic carbocycles. The number of hydrogen-bond donors (Lipinski definition) is 0. The number of amides is 1. The fraction of sp³-hybridized carbons (Fsp3) is 0.500. The molecule has 0 N–H and O–H groups in total. The Balaban J connectivity index is 1.22. The van der Waals surface area contributed by atoms with Crippen LogP contribution in [0.1, 0.15) is 11.4 Å². The molecule has 7 nitrogen and oxygen atoms in total. The lowest BCUT2D eigenvalue weighted by Crippen LogP contribution is -2.53. The Morgan fingerprint density at radius 2 is 2.10 bits per heavy atom. The van der Waals surface area contributed by atoms with Crippen LogP contribution in [0.4, 0.5) is 0 Å². The van der Waals surface area contributed by atoms with Crippen LogP contribution < -0.4 is 4.74 Å². The van der Waals surface area contributed by atoms with E-state index in [4.69, 9.17) is 4.74 Å². The number of aromatic nitrogens is 1. The first-order chi connectivity index (χ1) is 14.4. The maximum Gasteiger partial charge on any atom is 0.260 e. The van der Waals surface area contributed by atoms with Gasteiger partial charge in [0.25, 0.3) is 5.91 Å². The van der Waals surface area contributed by atoms with Crippen molar-refractivity contribution < 1.29 is 17.9 Å². The van der Waals surface area contributed by atoms with Gasteiger partial charge in [0, 0.05) is 43.7 Å². The molecule has 0 spiro atoms. The van der Waals surface area contributed by atoms with E-state index in [1.165, 1.54) is 0 Å². The number of ether oxygens (including phenoxy) is 1. The molecule has 1 atom stereocenters. The molecule has 2 aliphatic rings. The van der Waals surface area contributed by atoms with Gasteiger partial charge in [0.05, 0.1) is 31.4 Å². The van der Waals surface area contributed by atoms with Gasteiger partial charge in [0.2, 0.25) is 0 Å². The zero-order valence-corrected chi connectivity index (χ0v) is 19.1. The number of fused-ring (bicyclic) bond motifs is 3. The second-order valence-electron chi connectivity index (χ2n) is 7.88. The number of carbonyl (C=O) groups is 1. The van der Waals surface area contributed by atoms with E-state index >= 15 is 0 Å². The zero-order valence-electron chi connectivity index (χ0n) is 16.7. The Morgan fingerprint density at radius 3 is 2.83 bits per heavy atom. The third kappa shape index (κ3) is 3.81. The zero-order chi connectivity index (χ0) is 20.9. The van der Waals surface area contributed by atoms with Crippen LogP contribution in [0.25, 0.3) is 20.3 Å². The number of thiophene rings is 1. The smallest absolute Gasteiger partial charge is 0.260 e. The van der Waals surface area contributed by atoms with Crippen molar-refractivity contribution in [3.8, 4) is 5.75 Å². The minimum atomic E-state index is -2.89. The summed E-state index contributed by atoms with van der Waals surface area (Å²) < 4.78 is 31.6. The molecule has 4 heterocycles. The lowest BCUT2D eigenvalue weighted by atomic mass is 10.2. The molecule has 160 valence electrons. The van der Waals surface area contributed by atoms with E-state index in [1.54, 1.807) is 22.7 Å². The molecule has 1 amide bonds. The molecule has 1 aromatic carbocycles. The van der Waals surface area contributed by atoms with Gasteiger partial charge in [-0.3, -0.25) is 9.69 Å². The van der Waals surface area contributed by atoms with Crippen LogP contribution in [0.5, 0.6) is 5.75 Å². The van der Waals surface area contributed by atoms with Gasteiger partial charge >= 0.3 is 0 Å². The average Bonchev–Trinajstić information content (AvgIpc) is 3.43. The Labute approximate surface area is 183 Å². The second kappa shape index (κ2) is 7.74. The Morgan fingerprint density at radius 1 is 1.30 bits per heavy atom. The molecule has 2 aliphatic heterocycles. The van der Waals surface area contributed by atoms with Crippen molar-refractivity contribution in [3.05, 3.63) is 22.5 Å². The number of nitrogens with zero attached hydrogens (tertiary/aromatic N) is 3. The van der Waals surface area contributed by atoms with E-state index < -0.39 is 9.84 Å². The fourth-order valence-corrected chi connectivity index (χ4v) is 7.93. The largest absolute Gasteiger partial charge is 0.483 e. The predicted octanol–water partition coefficient (Wildman–Crippen LogP) is 2.53. The summed E-state index contributed by atoms with van der Waals surface area (Å²) in [7, 11) is -2.89. The van der Waals surface area contributed by atoms with Crippen molar-refractivity contribution in [3.63, 3.8) is 0 Å². The van der Waals surface area contributed by atoms with Gasteiger partial charge < -0.3 is 9.64 Å². The number of rotatable bonds is 4. The molecular weight excluding hydrogens is 442 g/mol. The van der Waals surface area contributed by atoms with Crippen LogP contribution in [0.3, 0.4) is 0 Å². The van der Waals surface area contributed by atoms with E-state index in [-0.39, 0.29) is 30.1 Å². The third-order valence-electron chi connectivity index (χ3n) is 5.91. The number of carbonyl (C=O) groups excluding carboxylic acids is 1. The van der Waals surface area contributed by atoms with Crippen molar-refractivity contribution in [1.29, 1.82) is 0 Å². The van der Waals surface area contributed by atoms with Crippen molar-refractivity contribution in [2.24, 2.45) is 0 Å². The third-order valence-corrected chi connectivity index (χ3v) is 9.50. The normalized spacial score (nSPS) is 22.2. The van der Waals surface area contributed by atoms with Crippen LogP contribution in [0.2, 0.25) is 0 Å². The highest BCUT2D eigenvalue weighted by atomic mass is 32.2. The molecular formula is C20H23N3O4S3. The Bertz CT molecular complexity index is 1210. The van der Waals surface area contributed by atoms with E-state index in [9.17, 15) is 13.2 Å². The summed E-state index contributed by atoms with van der Waals surface area (Å²) in [5, 5.41) is 4.04. The molecule has 2 saturated heterocycles. The first-order valence-electron chi connectivity index (χ1n) is 10.0. The van der Waals surface area contributed by atoms with Gasteiger partial charge in [-0.2, -0.15) is 0 Å². The number of hydrogen-bond acceptors (Lipinski definition) is 8. The number of aryl methyl sites for hydroxylation is 1. The quantitative estimate of drug-likeness (QED) is 0.589. The van der Waals surface area contributed by atoms with Crippen molar-refractivity contribution in [1.82, 2.24) is 14.8 Å². The number of piperazine rings is 1. The van der Waals surface area contributed by atoms with Crippen molar-refractivity contribution in [2.75, 3.05) is 44.3 Å². The first kappa shape index (κ1) is 20.2. The summed E-state index contributed by atoms with van der Waals surface area (Å²) in [4.78, 5) is 21.4. The van der Waals surface area contributed by atoms with Gasteiger partial charge in [-0.25, -0.2) is 13.4 Å². The van der Waals surface area contributed by atoms with E-state index in [0.29, 0.717) is 32.6 Å². The minimum Gasteiger partial charge on any atom is -0.483 e. The lowest BCUT2D eigenvalue weighted by molar-refractivity contribution is -0.135.